The Morgan fingerprint density at radius 3 is 2.72 bits per heavy atom. The SMILES string of the molecule is CCc1cc2c(cc1C)-c1nc(NC(CC3CC3)c3ccc(C)c(F)c3)sc1C2. The van der Waals surface area contributed by atoms with Crippen molar-refractivity contribution >= 4 is 16.5 Å². The van der Waals surface area contributed by atoms with Crippen LogP contribution >= 0.6 is 11.3 Å². The number of thiazole rings is 1. The molecule has 0 radical (unpaired) electrons. The summed E-state index contributed by atoms with van der Waals surface area (Å²) in [5.74, 6) is 0.627. The molecule has 2 aliphatic carbocycles. The molecule has 5 rings (SSSR count). The van der Waals surface area contributed by atoms with Crippen LogP contribution in [0.15, 0.2) is 30.3 Å². The van der Waals surface area contributed by atoms with Crippen molar-refractivity contribution < 1.29 is 4.39 Å². The highest BCUT2D eigenvalue weighted by Gasteiger charge is 2.29. The molecule has 1 N–H and O–H groups in total. The van der Waals surface area contributed by atoms with Crippen LogP contribution in [0.2, 0.25) is 0 Å². The fourth-order valence-corrected chi connectivity index (χ4v) is 5.46. The largest absolute Gasteiger partial charge is 0.355 e. The first-order valence-electron chi connectivity index (χ1n) is 10.7. The molecule has 0 bridgehead atoms. The number of nitrogens with one attached hydrogen (secondary N) is 1. The zero-order valence-corrected chi connectivity index (χ0v) is 18.1. The highest BCUT2D eigenvalue weighted by molar-refractivity contribution is 7.16. The molecular formula is C25H27FN2S. The van der Waals surface area contributed by atoms with E-state index >= 15 is 0 Å². The van der Waals surface area contributed by atoms with Crippen molar-refractivity contribution in [3.63, 3.8) is 0 Å². The van der Waals surface area contributed by atoms with Crippen LogP contribution in [0, 0.1) is 25.6 Å². The first kappa shape index (κ1) is 18.8. The van der Waals surface area contributed by atoms with Crippen LogP contribution in [0.5, 0.6) is 0 Å². The van der Waals surface area contributed by atoms with Crippen LogP contribution < -0.4 is 5.32 Å². The summed E-state index contributed by atoms with van der Waals surface area (Å²) >= 11 is 1.76. The van der Waals surface area contributed by atoms with Crippen LogP contribution in [-0.4, -0.2) is 4.98 Å². The van der Waals surface area contributed by atoms with E-state index in [1.807, 2.05) is 13.0 Å². The van der Waals surface area contributed by atoms with Gasteiger partial charge in [-0.2, -0.15) is 0 Å². The summed E-state index contributed by atoms with van der Waals surface area (Å²) in [7, 11) is 0. The number of anilines is 1. The molecule has 1 aromatic heterocycles. The number of aryl methyl sites for hydroxylation is 3. The van der Waals surface area contributed by atoms with Gasteiger partial charge >= 0.3 is 0 Å². The molecule has 0 saturated heterocycles. The van der Waals surface area contributed by atoms with Gasteiger partial charge in [0.15, 0.2) is 5.13 Å². The van der Waals surface area contributed by atoms with E-state index in [0.717, 1.165) is 41.6 Å². The summed E-state index contributed by atoms with van der Waals surface area (Å²) in [6.45, 7) is 6.23. The predicted octanol–water partition coefficient (Wildman–Crippen LogP) is 6.99. The third-order valence-electron chi connectivity index (χ3n) is 6.41. The van der Waals surface area contributed by atoms with Crippen molar-refractivity contribution in [3.05, 3.63) is 68.8 Å². The molecule has 2 aromatic carbocycles. The van der Waals surface area contributed by atoms with Crippen molar-refractivity contribution in [3.8, 4) is 11.3 Å². The van der Waals surface area contributed by atoms with E-state index in [9.17, 15) is 4.39 Å². The van der Waals surface area contributed by atoms with Crippen LogP contribution in [0.4, 0.5) is 9.52 Å². The maximum absolute atomic E-state index is 14.2. The normalized spacial score (nSPS) is 15.9. The first-order chi connectivity index (χ1) is 14.0. The lowest BCUT2D eigenvalue weighted by Crippen LogP contribution is -2.12. The molecule has 0 amide bonds. The second kappa shape index (κ2) is 7.24. The second-order valence-electron chi connectivity index (χ2n) is 8.64. The quantitative estimate of drug-likeness (QED) is 0.373. The Hall–Kier alpha value is -2.20. The van der Waals surface area contributed by atoms with E-state index in [1.165, 1.54) is 40.0 Å². The topological polar surface area (TPSA) is 24.9 Å². The van der Waals surface area contributed by atoms with E-state index in [1.54, 1.807) is 17.4 Å². The van der Waals surface area contributed by atoms with E-state index in [0.29, 0.717) is 5.56 Å². The average Bonchev–Trinajstić information content (AvgIpc) is 3.34. The van der Waals surface area contributed by atoms with Gasteiger partial charge in [-0.05, 0) is 72.6 Å². The predicted molar refractivity (Wildman–Crippen MR) is 119 cm³/mol. The molecule has 1 unspecified atom stereocenters. The van der Waals surface area contributed by atoms with Crippen molar-refractivity contribution in [1.82, 2.24) is 4.98 Å². The Kier molecular flexibility index (Phi) is 4.70. The third kappa shape index (κ3) is 3.59. The van der Waals surface area contributed by atoms with Gasteiger partial charge in [-0.15, -0.1) is 11.3 Å². The van der Waals surface area contributed by atoms with Crippen molar-refractivity contribution in [1.29, 1.82) is 0 Å². The Labute approximate surface area is 176 Å². The summed E-state index contributed by atoms with van der Waals surface area (Å²) in [4.78, 5) is 6.32. The monoisotopic (exact) mass is 406 g/mol. The smallest absolute Gasteiger partial charge is 0.183 e. The maximum Gasteiger partial charge on any atom is 0.183 e. The number of benzene rings is 2. The molecular weight excluding hydrogens is 379 g/mol. The van der Waals surface area contributed by atoms with E-state index in [-0.39, 0.29) is 11.9 Å². The lowest BCUT2D eigenvalue weighted by molar-refractivity contribution is 0.598. The first-order valence-corrected chi connectivity index (χ1v) is 11.5. The average molecular weight is 407 g/mol. The van der Waals surface area contributed by atoms with Crippen LogP contribution in [0.1, 0.15) is 64.9 Å². The molecule has 4 heteroatoms. The molecule has 0 aliphatic heterocycles. The number of aromatic nitrogens is 1. The Bertz CT molecular complexity index is 1080. The van der Waals surface area contributed by atoms with E-state index in [4.69, 9.17) is 4.98 Å². The Morgan fingerprint density at radius 1 is 1.17 bits per heavy atom. The standard InChI is InChI=1S/C25H27FN2S/c1-4-17-11-19-13-23-24(20(19)9-15(17)3)28-25(29-23)27-22(10-16-6-7-16)18-8-5-14(2)21(26)12-18/h5,8-9,11-12,16,22H,4,6-7,10,13H2,1-3H3,(H,27,28). The fraction of sp³-hybridized carbons (Fsp3) is 0.400. The minimum atomic E-state index is -0.122. The lowest BCUT2D eigenvalue weighted by Gasteiger charge is -2.19. The number of hydrogen-bond donors (Lipinski definition) is 1. The van der Waals surface area contributed by atoms with Gasteiger partial charge in [0.25, 0.3) is 0 Å². The van der Waals surface area contributed by atoms with Gasteiger partial charge in [0.1, 0.15) is 5.82 Å². The lowest BCUT2D eigenvalue weighted by atomic mass is 9.99. The van der Waals surface area contributed by atoms with E-state index < -0.39 is 0 Å². The molecule has 150 valence electrons. The molecule has 2 aliphatic rings. The van der Waals surface area contributed by atoms with Gasteiger partial charge < -0.3 is 5.32 Å². The molecule has 1 atom stereocenters. The zero-order chi connectivity index (χ0) is 20.1. The highest BCUT2D eigenvalue weighted by Crippen LogP contribution is 2.44. The number of rotatable bonds is 6. The van der Waals surface area contributed by atoms with Gasteiger partial charge in [0.05, 0.1) is 11.7 Å². The number of nitrogens with zero attached hydrogens (tertiary/aromatic N) is 1. The second-order valence-corrected chi connectivity index (χ2v) is 9.73. The van der Waals surface area contributed by atoms with Gasteiger partial charge in [0, 0.05) is 16.9 Å². The molecule has 3 aromatic rings. The highest BCUT2D eigenvalue weighted by atomic mass is 32.1. The number of fused-ring (bicyclic) bond motifs is 3. The molecule has 1 heterocycles. The number of hydrogen-bond acceptors (Lipinski definition) is 3. The Balaban J connectivity index is 1.43. The summed E-state index contributed by atoms with van der Waals surface area (Å²) in [6.07, 6.45) is 5.66. The molecule has 1 fully saturated rings. The zero-order valence-electron chi connectivity index (χ0n) is 17.3. The van der Waals surface area contributed by atoms with Gasteiger partial charge in [-0.1, -0.05) is 38.0 Å². The van der Waals surface area contributed by atoms with Gasteiger partial charge in [-0.3, -0.25) is 0 Å². The van der Waals surface area contributed by atoms with Crippen LogP contribution in [0.25, 0.3) is 11.3 Å². The summed E-state index contributed by atoms with van der Waals surface area (Å²) < 4.78 is 14.2. The molecule has 0 spiro atoms. The van der Waals surface area contributed by atoms with Crippen LogP contribution in [-0.2, 0) is 12.8 Å². The van der Waals surface area contributed by atoms with Crippen molar-refractivity contribution in [2.24, 2.45) is 5.92 Å². The van der Waals surface area contributed by atoms with Gasteiger partial charge in [0.2, 0.25) is 0 Å². The molecule has 29 heavy (non-hydrogen) atoms. The van der Waals surface area contributed by atoms with Crippen molar-refractivity contribution in [2.75, 3.05) is 5.32 Å². The minimum Gasteiger partial charge on any atom is -0.355 e. The summed E-state index contributed by atoms with van der Waals surface area (Å²) in [5.41, 5.74) is 8.34. The molecule has 2 nitrogen and oxygen atoms in total. The van der Waals surface area contributed by atoms with Crippen molar-refractivity contribution in [2.45, 2.75) is 58.9 Å². The third-order valence-corrected chi connectivity index (χ3v) is 7.39. The molecule has 1 saturated carbocycles. The fourth-order valence-electron chi connectivity index (χ4n) is 4.41. The van der Waals surface area contributed by atoms with E-state index in [2.05, 4.69) is 37.4 Å². The van der Waals surface area contributed by atoms with Gasteiger partial charge in [-0.25, -0.2) is 9.37 Å². The summed E-state index contributed by atoms with van der Waals surface area (Å²) in [6, 6.07) is 10.4. The van der Waals surface area contributed by atoms with Crippen LogP contribution in [0.3, 0.4) is 0 Å². The number of halogens is 1. The maximum atomic E-state index is 14.2. The minimum absolute atomic E-state index is 0.118. The summed E-state index contributed by atoms with van der Waals surface area (Å²) in [5, 5.41) is 4.61. The Morgan fingerprint density at radius 2 is 2.00 bits per heavy atom.